The van der Waals surface area contributed by atoms with Crippen molar-refractivity contribution in [2.45, 2.75) is 232 Å². The maximum absolute atomic E-state index is 12.7. The second kappa shape index (κ2) is 45.8. The van der Waals surface area contributed by atoms with E-state index in [4.69, 9.17) is 14.2 Å². The molecule has 0 saturated heterocycles. The van der Waals surface area contributed by atoms with Crippen molar-refractivity contribution in [3.63, 3.8) is 0 Å². The summed E-state index contributed by atoms with van der Waals surface area (Å²) in [6, 6.07) is 0. The van der Waals surface area contributed by atoms with Gasteiger partial charge in [0.2, 0.25) is 0 Å². The summed E-state index contributed by atoms with van der Waals surface area (Å²) in [7, 11) is 0. The van der Waals surface area contributed by atoms with E-state index in [1.165, 1.54) is 103 Å². The maximum Gasteiger partial charge on any atom is 0.306 e. The van der Waals surface area contributed by atoms with E-state index in [0.29, 0.717) is 19.3 Å². The Balaban J connectivity index is 4.30. The lowest BCUT2D eigenvalue weighted by atomic mass is 10.1. The molecule has 0 fully saturated rings. The Bertz CT molecular complexity index is 1050. The smallest absolute Gasteiger partial charge is 0.306 e. The topological polar surface area (TPSA) is 78.9 Å². The van der Waals surface area contributed by atoms with E-state index in [0.717, 1.165) is 83.5 Å². The molecule has 1 atom stereocenters. The van der Waals surface area contributed by atoms with Gasteiger partial charge >= 0.3 is 17.9 Å². The van der Waals surface area contributed by atoms with Crippen molar-refractivity contribution in [3.05, 3.63) is 60.8 Å². The molecule has 0 rings (SSSR count). The summed E-state index contributed by atoms with van der Waals surface area (Å²) in [5.41, 5.74) is 0. The van der Waals surface area contributed by atoms with E-state index >= 15 is 0 Å². The molecule has 0 spiro atoms. The first-order chi connectivity index (χ1) is 28.0. The fraction of sp³-hybridized carbons (Fsp3) is 0.745. The van der Waals surface area contributed by atoms with E-state index < -0.39 is 6.10 Å². The second-order valence-corrected chi connectivity index (χ2v) is 15.7. The molecule has 0 aromatic heterocycles. The van der Waals surface area contributed by atoms with Crippen molar-refractivity contribution in [2.24, 2.45) is 0 Å². The molecule has 0 saturated carbocycles. The first-order valence-electron chi connectivity index (χ1n) is 23.8. The van der Waals surface area contributed by atoms with E-state index in [1.54, 1.807) is 0 Å². The number of hydrogen-bond donors (Lipinski definition) is 0. The highest BCUT2D eigenvalue weighted by molar-refractivity contribution is 5.71. The lowest BCUT2D eigenvalue weighted by Crippen LogP contribution is -2.30. The Morgan fingerprint density at radius 3 is 1.26 bits per heavy atom. The molecular weight excluding hydrogens is 709 g/mol. The van der Waals surface area contributed by atoms with Gasteiger partial charge < -0.3 is 14.2 Å². The Morgan fingerprint density at radius 2 is 0.754 bits per heavy atom. The van der Waals surface area contributed by atoms with Crippen LogP contribution in [0.3, 0.4) is 0 Å². The van der Waals surface area contributed by atoms with Crippen LogP contribution < -0.4 is 0 Å². The molecule has 57 heavy (non-hydrogen) atoms. The number of carbonyl (C=O) groups is 3. The largest absolute Gasteiger partial charge is 0.462 e. The van der Waals surface area contributed by atoms with Gasteiger partial charge in [-0.05, 0) is 89.9 Å². The minimum Gasteiger partial charge on any atom is -0.462 e. The van der Waals surface area contributed by atoms with Gasteiger partial charge in [0.05, 0.1) is 0 Å². The minimum atomic E-state index is -0.789. The Morgan fingerprint density at radius 1 is 0.386 bits per heavy atom. The second-order valence-electron chi connectivity index (χ2n) is 15.7. The molecule has 0 radical (unpaired) electrons. The molecule has 0 heterocycles. The summed E-state index contributed by atoms with van der Waals surface area (Å²) in [6.07, 6.45) is 55.0. The fourth-order valence-electron chi connectivity index (χ4n) is 6.39. The van der Waals surface area contributed by atoms with Gasteiger partial charge in [0.25, 0.3) is 0 Å². The Kier molecular flexibility index (Phi) is 43.5. The normalized spacial score (nSPS) is 12.5. The van der Waals surface area contributed by atoms with Gasteiger partial charge in [0.1, 0.15) is 13.2 Å². The SMILES string of the molecule is CC/C=C\C/C=C\CCCCC(=O)OCC(COC(=O)CCCCCCCCCCCC/C=C\C=C/CCCCC)OC(=O)CCCCCCC/C=C\CCCC. The fourth-order valence-corrected chi connectivity index (χ4v) is 6.39. The number of rotatable bonds is 42. The van der Waals surface area contributed by atoms with Crippen LogP contribution in [-0.2, 0) is 28.6 Å². The summed E-state index contributed by atoms with van der Waals surface area (Å²) >= 11 is 0. The first kappa shape index (κ1) is 54.1. The van der Waals surface area contributed by atoms with E-state index in [1.807, 2.05) is 0 Å². The third-order valence-corrected chi connectivity index (χ3v) is 10.0. The molecule has 6 heteroatoms. The molecule has 328 valence electrons. The van der Waals surface area contributed by atoms with E-state index in [9.17, 15) is 14.4 Å². The molecule has 0 aliphatic carbocycles. The first-order valence-corrected chi connectivity index (χ1v) is 23.8. The molecule has 0 bridgehead atoms. The van der Waals surface area contributed by atoms with Crippen LogP contribution in [0.5, 0.6) is 0 Å². The van der Waals surface area contributed by atoms with Crippen molar-refractivity contribution >= 4 is 17.9 Å². The quantitative estimate of drug-likeness (QED) is 0.0201. The van der Waals surface area contributed by atoms with Crippen LogP contribution in [0.25, 0.3) is 0 Å². The van der Waals surface area contributed by atoms with Gasteiger partial charge in [0.15, 0.2) is 6.10 Å². The van der Waals surface area contributed by atoms with Crippen molar-refractivity contribution in [3.8, 4) is 0 Å². The molecule has 6 nitrogen and oxygen atoms in total. The number of carbonyl (C=O) groups excluding carboxylic acids is 3. The van der Waals surface area contributed by atoms with Crippen LogP contribution in [0.4, 0.5) is 0 Å². The lowest BCUT2D eigenvalue weighted by Gasteiger charge is -2.18. The highest BCUT2D eigenvalue weighted by atomic mass is 16.6. The third-order valence-electron chi connectivity index (χ3n) is 10.0. The van der Waals surface area contributed by atoms with Gasteiger partial charge in [-0.3, -0.25) is 14.4 Å². The van der Waals surface area contributed by atoms with Gasteiger partial charge in [-0.25, -0.2) is 0 Å². The monoisotopic (exact) mass is 797 g/mol. The molecule has 0 N–H and O–H groups in total. The number of esters is 3. The van der Waals surface area contributed by atoms with E-state index in [-0.39, 0.29) is 31.1 Å². The summed E-state index contributed by atoms with van der Waals surface area (Å²) in [5.74, 6) is -0.944. The third kappa shape index (κ3) is 44.1. The predicted molar refractivity (Wildman–Crippen MR) is 242 cm³/mol. The van der Waals surface area contributed by atoms with Crippen LogP contribution in [0.15, 0.2) is 60.8 Å². The van der Waals surface area contributed by atoms with Crippen LogP contribution in [-0.4, -0.2) is 37.2 Å². The summed E-state index contributed by atoms with van der Waals surface area (Å²) < 4.78 is 16.7. The predicted octanol–water partition coefficient (Wildman–Crippen LogP) is 15.3. The van der Waals surface area contributed by atoms with Crippen molar-refractivity contribution in [1.29, 1.82) is 0 Å². The molecule has 1 unspecified atom stereocenters. The number of allylic oxidation sites excluding steroid dienone is 10. The summed E-state index contributed by atoms with van der Waals surface area (Å²) in [4.78, 5) is 37.7. The Labute approximate surface area is 351 Å². The number of hydrogen-bond acceptors (Lipinski definition) is 6. The zero-order chi connectivity index (χ0) is 41.5. The zero-order valence-corrected chi connectivity index (χ0v) is 37.3. The lowest BCUT2D eigenvalue weighted by molar-refractivity contribution is -0.167. The average molecular weight is 797 g/mol. The van der Waals surface area contributed by atoms with Crippen LogP contribution in [0.1, 0.15) is 226 Å². The highest BCUT2D eigenvalue weighted by Crippen LogP contribution is 2.14. The Hall–Kier alpha value is -2.89. The highest BCUT2D eigenvalue weighted by Gasteiger charge is 2.19. The molecule has 0 aliphatic heterocycles. The summed E-state index contributed by atoms with van der Waals surface area (Å²) in [6.45, 7) is 6.40. The average Bonchev–Trinajstić information content (AvgIpc) is 3.21. The standard InChI is InChI=1S/C51H88O6/c1-4-7-10-13-16-19-21-22-23-24-25-26-27-28-30-32-35-38-41-44-50(53)56-47-48(46-55-49(52)43-40-37-34-31-18-15-12-9-6-3)57-51(54)45-42-39-36-33-29-20-17-14-11-8-5-2/h9,12,14,16-19,21-22,31,48H,4-8,10-11,13,15,20,23-30,32-47H2,1-3H3/b12-9-,17-14-,19-16-,22-21-,31-18-. The van der Waals surface area contributed by atoms with Crippen molar-refractivity contribution in [1.82, 2.24) is 0 Å². The molecule has 0 aliphatic rings. The maximum atomic E-state index is 12.7. The van der Waals surface area contributed by atoms with Crippen molar-refractivity contribution in [2.75, 3.05) is 13.2 Å². The molecule has 0 aromatic carbocycles. The van der Waals surface area contributed by atoms with Crippen LogP contribution >= 0.6 is 0 Å². The van der Waals surface area contributed by atoms with Crippen LogP contribution in [0, 0.1) is 0 Å². The molecule has 0 aromatic rings. The van der Waals surface area contributed by atoms with Gasteiger partial charge in [-0.2, -0.15) is 0 Å². The summed E-state index contributed by atoms with van der Waals surface area (Å²) in [5, 5.41) is 0. The number of unbranched alkanes of at least 4 members (excludes halogenated alkanes) is 22. The van der Waals surface area contributed by atoms with Gasteiger partial charge in [-0.1, -0.05) is 178 Å². The minimum absolute atomic E-state index is 0.0899. The number of ether oxygens (including phenoxy) is 3. The van der Waals surface area contributed by atoms with Crippen molar-refractivity contribution < 1.29 is 28.6 Å². The van der Waals surface area contributed by atoms with Gasteiger partial charge in [0, 0.05) is 19.3 Å². The molecule has 0 amide bonds. The van der Waals surface area contributed by atoms with Gasteiger partial charge in [-0.15, -0.1) is 0 Å². The molecular formula is C51H88O6. The zero-order valence-electron chi connectivity index (χ0n) is 37.3. The van der Waals surface area contributed by atoms with E-state index in [2.05, 4.69) is 81.5 Å². The van der Waals surface area contributed by atoms with Crippen LogP contribution in [0.2, 0.25) is 0 Å².